The molecule has 2 aromatic carbocycles. The Morgan fingerprint density at radius 2 is 0.917 bits per heavy atom. The first kappa shape index (κ1) is 21.2. The number of halogens is 1. The molecule has 2 rings (SSSR count). The average Bonchev–Trinajstić information content (AvgIpc) is 2.56. The molecule has 0 aromatic heterocycles. The summed E-state index contributed by atoms with van der Waals surface area (Å²) in [5.74, 6) is 0. The molecule has 0 saturated carbocycles. The zero-order valence-corrected chi connectivity index (χ0v) is 17.6. The van der Waals surface area contributed by atoms with E-state index in [1.165, 1.54) is 31.1 Å². The Morgan fingerprint density at radius 1 is 0.625 bits per heavy atom. The predicted molar refractivity (Wildman–Crippen MR) is 104 cm³/mol. The molecule has 0 saturated heterocycles. The zero-order chi connectivity index (χ0) is 17.1. The molecule has 0 heterocycles. The van der Waals surface area contributed by atoms with Gasteiger partial charge in [0.1, 0.15) is 0 Å². The van der Waals surface area contributed by atoms with Crippen molar-refractivity contribution < 1.29 is 21.2 Å². The van der Waals surface area contributed by atoms with Gasteiger partial charge >= 0.3 is 153 Å². The molecule has 0 aliphatic carbocycles. The van der Waals surface area contributed by atoms with E-state index in [1.54, 1.807) is 0 Å². The molecule has 0 unspecified atom stereocenters. The molecule has 0 aliphatic rings. The van der Waals surface area contributed by atoms with Gasteiger partial charge in [0.05, 0.1) is 0 Å². The summed E-state index contributed by atoms with van der Waals surface area (Å²) in [6.07, 6.45) is 2.35. The Labute approximate surface area is 160 Å². The predicted octanol–water partition coefficient (Wildman–Crippen LogP) is 3.83. The molecular formula is C23H34I-. The van der Waals surface area contributed by atoms with E-state index in [4.69, 9.17) is 0 Å². The Morgan fingerprint density at radius 3 is 1.17 bits per heavy atom. The summed E-state index contributed by atoms with van der Waals surface area (Å²) in [4.78, 5) is 0. The van der Waals surface area contributed by atoms with Crippen LogP contribution in [-0.4, -0.2) is 0 Å². The van der Waals surface area contributed by atoms with Gasteiger partial charge in [0.2, 0.25) is 0 Å². The van der Waals surface area contributed by atoms with Gasteiger partial charge < -0.3 is 0 Å². The molecule has 0 nitrogen and oxygen atoms in total. The number of hydrogen-bond donors (Lipinski definition) is 0. The molecule has 2 aromatic rings. The second-order valence-electron chi connectivity index (χ2n) is 7.58. The van der Waals surface area contributed by atoms with E-state index in [1.807, 2.05) is 0 Å². The van der Waals surface area contributed by atoms with E-state index in [9.17, 15) is 0 Å². The van der Waals surface area contributed by atoms with Crippen molar-refractivity contribution in [1.29, 1.82) is 0 Å². The van der Waals surface area contributed by atoms with Crippen molar-refractivity contribution in [3.63, 3.8) is 0 Å². The second-order valence-corrected chi connectivity index (χ2v) is 10.6. The van der Waals surface area contributed by atoms with Gasteiger partial charge in [-0.3, -0.25) is 0 Å². The van der Waals surface area contributed by atoms with Gasteiger partial charge in [0.15, 0.2) is 0 Å². The van der Waals surface area contributed by atoms with Crippen molar-refractivity contribution in [3.05, 3.63) is 66.8 Å². The van der Waals surface area contributed by atoms with Gasteiger partial charge in [0, 0.05) is 0 Å². The Balaban J connectivity index is 0.00000288. The van der Waals surface area contributed by atoms with Crippen LogP contribution in [0.4, 0.5) is 0 Å². The van der Waals surface area contributed by atoms with Gasteiger partial charge in [-0.05, 0) is 0 Å². The summed E-state index contributed by atoms with van der Waals surface area (Å²) in [7, 11) is 0. The quantitative estimate of drug-likeness (QED) is 0.603. The van der Waals surface area contributed by atoms with E-state index < -0.39 is 0 Å². The van der Waals surface area contributed by atoms with Crippen LogP contribution in [0.2, 0.25) is 0 Å². The second kappa shape index (κ2) is 8.51. The van der Waals surface area contributed by atoms with Crippen LogP contribution in [0.25, 0.3) is 0 Å². The van der Waals surface area contributed by atoms with Gasteiger partial charge in [-0.15, -0.1) is 0 Å². The van der Waals surface area contributed by atoms with Crippen LogP contribution >= 0.6 is 0 Å². The average molecular weight is 437 g/mol. The standard InChI is InChI=1S/C22H30I.CH4/c1-7-21(3,4)17-9-13-19(14-10-17)23-20-15-11-18(12-16-20)22(5,6)8-2;/h9-16H,7-8H2,1-6H3;1H4/q-1;. The van der Waals surface area contributed by atoms with Crippen molar-refractivity contribution >= 4 is 0 Å². The third kappa shape index (κ3) is 5.08. The van der Waals surface area contributed by atoms with Crippen LogP contribution in [0.5, 0.6) is 0 Å². The fourth-order valence-corrected chi connectivity index (χ4v) is 4.62. The minimum atomic E-state index is -0.0793. The van der Waals surface area contributed by atoms with E-state index >= 15 is 0 Å². The molecule has 0 amide bonds. The SMILES string of the molecule is C.CCC(C)(C)c1ccc([I-]c2ccc(C(C)(C)CC)cc2)cc1. The maximum atomic E-state index is 2.34. The minimum absolute atomic E-state index is 0. The summed E-state index contributed by atoms with van der Waals surface area (Å²) < 4.78 is 3.00. The molecular weight excluding hydrogens is 403 g/mol. The van der Waals surface area contributed by atoms with Crippen LogP contribution in [0.3, 0.4) is 0 Å². The van der Waals surface area contributed by atoms with Crippen LogP contribution < -0.4 is 21.2 Å². The van der Waals surface area contributed by atoms with Gasteiger partial charge in [-0.2, -0.15) is 0 Å². The van der Waals surface area contributed by atoms with Gasteiger partial charge in [0.25, 0.3) is 0 Å². The van der Waals surface area contributed by atoms with Crippen LogP contribution in [0.1, 0.15) is 72.9 Å². The van der Waals surface area contributed by atoms with Crippen molar-refractivity contribution in [2.45, 2.75) is 72.6 Å². The van der Waals surface area contributed by atoms with Gasteiger partial charge in [-0.25, -0.2) is 0 Å². The number of hydrogen-bond acceptors (Lipinski definition) is 0. The zero-order valence-electron chi connectivity index (χ0n) is 15.4. The third-order valence-electron chi connectivity index (χ3n) is 5.24. The number of rotatable bonds is 6. The topological polar surface area (TPSA) is 0 Å². The maximum absolute atomic E-state index is 2.34. The van der Waals surface area contributed by atoms with Gasteiger partial charge in [-0.1, -0.05) is 7.43 Å². The normalized spacial score (nSPS) is 12.1. The van der Waals surface area contributed by atoms with E-state index in [2.05, 4.69) is 90.1 Å². The molecule has 0 atom stereocenters. The van der Waals surface area contributed by atoms with Crippen molar-refractivity contribution in [2.75, 3.05) is 0 Å². The molecule has 0 bridgehead atoms. The van der Waals surface area contributed by atoms with Crippen LogP contribution in [0.15, 0.2) is 48.5 Å². The summed E-state index contributed by atoms with van der Waals surface area (Å²) >= 11 is -0.0793. The fourth-order valence-electron chi connectivity index (χ4n) is 2.46. The Kier molecular flexibility index (Phi) is 7.52. The van der Waals surface area contributed by atoms with E-state index in [0.717, 1.165) is 0 Å². The molecule has 0 fully saturated rings. The fraction of sp³-hybridized carbons (Fsp3) is 0.478. The summed E-state index contributed by atoms with van der Waals surface area (Å²) in [5.41, 5.74) is 3.47. The first-order chi connectivity index (χ1) is 10.8. The van der Waals surface area contributed by atoms with Crippen molar-refractivity contribution in [1.82, 2.24) is 0 Å². The van der Waals surface area contributed by atoms with Crippen molar-refractivity contribution in [2.24, 2.45) is 0 Å². The molecule has 0 radical (unpaired) electrons. The molecule has 0 aliphatic heterocycles. The summed E-state index contributed by atoms with van der Waals surface area (Å²) in [6.45, 7) is 13.8. The summed E-state index contributed by atoms with van der Waals surface area (Å²) in [6, 6.07) is 18.7. The van der Waals surface area contributed by atoms with Crippen LogP contribution in [0, 0.1) is 7.14 Å². The first-order valence-electron chi connectivity index (χ1n) is 8.64. The molecule has 0 N–H and O–H groups in total. The Hall–Kier alpha value is -0.830. The number of benzene rings is 2. The third-order valence-corrected chi connectivity index (χ3v) is 7.92. The molecule has 134 valence electrons. The van der Waals surface area contributed by atoms with E-state index in [-0.39, 0.29) is 39.5 Å². The first-order valence-corrected chi connectivity index (χ1v) is 10.8. The van der Waals surface area contributed by atoms with Crippen LogP contribution in [-0.2, 0) is 10.8 Å². The monoisotopic (exact) mass is 437 g/mol. The molecule has 24 heavy (non-hydrogen) atoms. The Bertz CT molecular complexity index is 561. The summed E-state index contributed by atoms with van der Waals surface area (Å²) in [5, 5.41) is 0. The molecule has 0 spiro atoms. The molecule has 1 heteroatoms. The van der Waals surface area contributed by atoms with E-state index in [0.29, 0.717) is 0 Å². The van der Waals surface area contributed by atoms with Crippen molar-refractivity contribution in [3.8, 4) is 0 Å².